The summed E-state index contributed by atoms with van der Waals surface area (Å²) < 4.78 is 5.89. The molecule has 1 atom stereocenters. The van der Waals surface area contributed by atoms with Crippen LogP contribution in [-0.4, -0.2) is 22.1 Å². The van der Waals surface area contributed by atoms with Crippen LogP contribution in [0.2, 0.25) is 0 Å². The number of unbranched alkanes of at least 4 members (excludes halogenated alkanes) is 3. The maximum absolute atomic E-state index is 11.7. The molecule has 0 spiro atoms. The Hall–Kier alpha value is -2.89. The quantitative estimate of drug-likeness (QED) is 0.307. The number of hydrogen-bond acceptors (Lipinski definition) is 4. The van der Waals surface area contributed by atoms with Gasteiger partial charge in [-0.1, -0.05) is 38.3 Å². The highest BCUT2D eigenvalue weighted by atomic mass is 16.6. The molecule has 2 rings (SSSR count). The van der Waals surface area contributed by atoms with Crippen molar-refractivity contribution in [1.82, 2.24) is 0 Å². The predicted molar refractivity (Wildman–Crippen MR) is 109 cm³/mol. The smallest absolute Gasteiger partial charge is 0.335 e. The first-order valence-corrected chi connectivity index (χ1v) is 9.63. The molecule has 0 aromatic heterocycles. The number of carboxylic acid groups (broad SMARTS) is 1. The van der Waals surface area contributed by atoms with Crippen LogP contribution in [0, 0.1) is 17.0 Å². The van der Waals surface area contributed by atoms with E-state index in [0.717, 1.165) is 31.2 Å². The molecule has 0 amide bonds. The number of nitrogens with zero attached hydrogens (tertiary/aromatic N) is 1. The largest absolute Gasteiger partial charge is 0.484 e. The number of nitro groups is 1. The van der Waals surface area contributed by atoms with E-state index in [2.05, 4.69) is 6.92 Å². The van der Waals surface area contributed by atoms with Crippen molar-refractivity contribution in [2.24, 2.45) is 0 Å². The molecule has 0 bridgehead atoms. The molecule has 0 fully saturated rings. The number of carboxylic acids is 1. The molecule has 6 heteroatoms. The highest BCUT2D eigenvalue weighted by Crippen LogP contribution is 2.38. The molecule has 2 aromatic carbocycles. The average molecular weight is 385 g/mol. The Balaban J connectivity index is 2.26. The molecule has 2 aromatic rings. The minimum atomic E-state index is -1.01. The van der Waals surface area contributed by atoms with Crippen LogP contribution in [0.4, 0.5) is 5.69 Å². The Morgan fingerprint density at radius 1 is 1.14 bits per heavy atom. The van der Waals surface area contributed by atoms with E-state index in [1.54, 1.807) is 31.2 Å². The minimum Gasteiger partial charge on any atom is -0.484 e. The van der Waals surface area contributed by atoms with Crippen molar-refractivity contribution in [1.29, 1.82) is 0 Å². The zero-order valence-corrected chi connectivity index (χ0v) is 16.6. The van der Waals surface area contributed by atoms with Crippen LogP contribution >= 0.6 is 0 Å². The summed E-state index contributed by atoms with van der Waals surface area (Å²) in [6.07, 6.45) is 5.27. The fourth-order valence-electron chi connectivity index (χ4n) is 3.24. The van der Waals surface area contributed by atoms with E-state index < -0.39 is 10.9 Å². The molecule has 1 N–H and O–H groups in total. The van der Waals surface area contributed by atoms with Crippen molar-refractivity contribution < 1.29 is 19.6 Å². The van der Waals surface area contributed by atoms with Gasteiger partial charge < -0.3 is 9.84 Å². The fraction of sp³-hybridized carbons (Fsp3) is 0.409. The molecule has 0 unspecified atom stereocenters. The normalized spacial score (nSPS) is 11.8. The van der Waals surface area contributed by atoms with Crippen molar-refractivity contribution in [3.63, 3.8) is 0 Å². The maximum Gasteiger partial charge on any atom is 0.335 e. The zero-order chi connectivity index (χ0) is 20.7. The van der Waals surface area contributed by atoms with Crippen LogP contribution in [-0.2, 0) is 0 Å². The fourth-order valence-corrected chi connectivity index (χ4v) is 3.24. The predicted octanol–water partition coefficient (Wildman–Crippen LogP) is 6.01. The number of nitro benzene ring substituents is 1. The third-order valence-corrected chi connectivity index (χ3v) is 4.81. The van der Waals surface area contributed by atoms with E-state index in [1.165, 1.54) is 18.6 Å². The van der Waals surface area contributed by atoms with Gasteiger partial charge in [0.2, 0.25) is 0 Å². The summed E-state index contributed by atoms with van der Waals surface area (Å²) in [6, 6.07) is 9.72. The molecule has 0 aliphatic heterocycles. The van der Waals surface area contributed by atoms with Gasteiger partial charge in [-0.3, -0.25) is 10.1 Å². The zero-order valence-electron chi connectivity index (χ0n) is 16.6. The van der Waals surface area contributed by atoms with Crippen molar-refractivity contribution >= 4 is 11.7 Å². The lowest BCUT2D eigenvalue weighted by Crippen LogP contribution is -2.13. The molecule has 0 saturated carbocycles. The summed E-state index contributed by atoms with van der Waals surface area (Å²) in [5.74, 6) is -0.734. The number of rotatable bonds is 10. The van der Waals surface area contributed by atoms with Gasteiger partial charge in [0.05, 0.1) is 16.6 Å². The van der Waals surface area contributed by atoms with Crippen LogP contribution in [0.5, 0.6) is 5.75 Å². The van der Waals surface area contributed by atoms with E-state index >= 15 is 0 Å². The van der Waals surface area contributed by atoms with Crippen LogP contribution in [0.3, 0.4) is 0 Å². The lowest BCUT2D eigenvalue weighted by atomic mass is 9.97. The molecule has 0 radical (unpaired) electrons. The minimum absolute atomic E-state index is 0.0415. The molecular formula is C22H27NO5. The van der Waals surface area contributed by atoms with Crippen LogP contribution in [0.1, 0.15) is 61.9 Å². The molecule has 150 valence electrons. The second kappa shape index (κ2) is 9.88. The Morgan fingerprint density at radius 2 is 1.82 bits per heavy atom. The number of carbonyl (C=O) groups is 1. The number of aromatic carboxylic acids is 1. The van der Waals surface area contributed by atoms with E-state index in [1.807, 2.05) is 6.92 Å². The topological polar surface area (TPSA) is 89.7 Å². The highest BCUT2D eigenvalue weighted by molar-refractivity contribution is 5.88. The third-order valence-electron chi connectivity index (χ3n) is 4.81. The first-order valence-electron chi connectivity index (χ1n) is 9.63. The van der Waals surface area contributed by atoms with Gasteiger partial charge in [0.15, 0.2) is 5.75 Å². The second-order valence-corrected chi connectivity index (χ2v) is 7.00. The van der Waals surface area contributed by atoms with E-state index in [0.29, 0.717) is 11.1 Å². The lowest BCUT2D eigenvalue weighted by molar-refractivity contribution is -0.386. The van der Waals surface area contributed by atoms with Gasteiger partial charge in [0.1, 0.15) is 0 Å². The monoisotopic (exact) mass is 385 g/mol. The first-order chi connectivity index (χ1) is 13.3. The van der Waals surface area contributed by atoms with Gasteiger partial charge in [-0.15, -0.1) is 0 Å². The van der Waals surface area contributed by atoms with Crippen LogP contribution in [0.25, 0.3) is 11.1 Å². The third kappa shape index (κ3) is 5.31. The molecule has 0 saturated heterocycles. The van der Waals surface area contributed by atoms with Gasteiger partial charge in [-0.05, 0) is 62.1 Å². The summed E-state index contributed by atoms with van der Waals surface area (Å²) in [5, 5.41) is 20.7. The van der Waals surface area contributed by atoms with E-state index in [-0.39, 0.29) is 23.1 Å². The van der Waals surface area contributed by atoms with Crippen molar-refractivity contribution in [2.75, 3.05) is 0 Å². The molecule has 28 heavy (non-hydrogen) atoms. The Bertz CT molecular complexity index is 830. The second-order valence-electron chi connectivity index (χ2n) is 7.00. The van der Waals surface area contributed by atoms with Crippen molar-refractivity contribution in [3.05, 3.63) is 57.6 Å². The Morgan fingerprint density at radius 3 is 2.39 bits per heavy atom. The number of benzene rings is 2. The van der Waals surface area contributed by atoms with Crippen molar-refractivity contribution in [3.8, 4) is 16.9 Å². The van der Waals surface area contributed by atoms with Gasteiger partial charge in [0.25, 0.3) is 0 Å². The molecule has 6 nitrogen and oxygen atoms in total. The molecule has 0 aliphatic rings. The number of hydrogen-bond donors (Lipinski definition) is 1. The SMILES string of the molecule is CCCCCC[C@H](C)Oc1ccc(-c2ccc(C(=O)O)cc2)c(C)c1[N+](=O)[O-]. The van der Waals surface area contributed by atoms with Gasteiger partial charge in [-0.25, -0.2) is 4.79 Å². The number of ether oxygens (including phenoxy) is 1. The van der Waals surface area contributed by atoms with Gasteiger partial charge in [0, 0.05) is 5.56 Å². The summed E-state index contributed by atoms with van der Waals surface area (Å²) in [5.41, 5.74) is 2.05. The first kappa shape index (κ1) is 21.4. The Kier molecular flexibility index (Phi) is 7.55. The van der Waals surface area contributed by atoms with Crippen LogP contribution < -0.4 is 4.74 Å². The van der Waals surface area contributed by atoms with Gasteiger partial charge in [-0.2, -0.15) is 0 Å². The van der Waals surface area contributed by atoms with Gasteiger partial charge >= 0.3 is 11.7 Å². The average Bonchev–Trinajstić information content (AvgIpc) is 2.65. The maximum atomic E-state index is 11.7. The standard InChI is InChI=1S/C22H27NO5/c1-4-5-6-7-8-15(2)28-20-14-13-19(16(3)21(20)23(26)27)17-9-11-18(12-10-17)22(24)25/h9-15H,4-8H2,1-3H3,(H,24,25)/t15-/m0/s1. The molecule has 0 aliphatic carbocycles. The summed E-state index contributed by atoms with van der Waals surface area (Å²) in [6.45, 7) is 5.78. The van der Waals surface area contributed by atoms with Crippen LogP contribution in [0.15, 0.2) is 36.4 Å². The van der Waals surface area contributed by atoms with Crippen molar-refractivity contribution in [2.45, 2.75) is 59.0 Å². The summed E-state index contributed by atoms with van der Waals surface area (Å²) in [7, 11) is 0. The molecular weight excluding hydrogens is 358 g/mol. The van der Waals surface area contributed by atoms with E-state index in [4.69, 9.17) is 9.84 Å². The Labute approximate surface area is 165 Å². The highest BCUT2D eigenvalue weighted by Gasteiger charge is 2.23. The van der Waals surface area contributed by atoms with E-state index in [9.17, 15) is 14.9 Å². The molecule has 0 heterocycles. The summed E-state index contributed by atoms with van der Waals surface area (Å²) in [4.78, 5) is 22.3. The summed E-state index contributed by atoms with van der Waals surface area (Å²) >= 11 is 0. The lowest BCUT2D eigenvalue weighted by Gasteiger charge is -2.17.